The van der Waals surface area contributed by atoms with Gasteiger partial charge in [0, 0.05) is 11.8 Å². The number of aromatic amines is 2. The minimum absolute atomic E-state index is 0.179. The fraction of sp³-hybridized carbons (Fsp3) is 0.231. The molecule has 0 fully saturated rings. The van der Waals surface area contributed by atoms with Crippen LogP contribution in [0.5, 0.6) is 0 Å². The molecule has 19 heavy (non-hydrogen) atoms. The summed E-state index contributed by atoms with van der Waals surface area (Å²) < 4.78 is 0. The Hall–Kier alpha value is -2.34. The van der Waals surface area contributed by atoms with Crippen molar-refractivity contribution >= 4 is 11.6 Å². The van der Waals surface area contributed by atoms with E-state index in [1.54, 1.807) is 12.1 Å². The van der Waals surface area contributed by atoms with Gasteiger partial charge in [0.1, 0.15) is 0 Å². The number of hydrogen-bond acceptors (Lipinski definition) is 3. The predicted octanol–water partition coefficient (Wildman–Crippen LogP) is 1.05. The van der Waals surface area contributed by atoms with Crippen LogP contribution in [0.4, 0.5) is 5.69 Å². The average Bonchev–Trinajstić information content (AvgIpc) is 2.85. The van der Waals surface area contributed by atoms with Crippen molar-refractivity contribution in [2.75, 3.05) is 5.32 Å². The van der Waals surface area contributed by atoms with Crippen LogP contribution in [0.25, 0.3) is 11.3 Å². The highest BCUT2D eigenvalue weighted by Crippen LogP contribution is 2.18. The first-order chi connectivity index (χ1) is 9.10. The predicted molar refractivity (Wildman–Crippen MR) is 73.7 cm³/mol. The third-order valence-electron chi connectivity index (χ3n) is 2.84. The van der Waals surface area contributed by atoms with Gasteiger partial charge in [0.25, 0.3) is 5.56 Å². The number of carbonyl (C=O) groups excluding carboxylic acids is 1. The van der Waals surface area contributed by atoms with Gasteiger partial charge in [-0.1, -0.05) is 19.1 Å². The first-order valence-corrected chi connectivity index (χ1v) is 6.04. The molecule has 1 amide bonds. The maximum atomic E-state index is 11.6. The van der Waals surface area contributed by atoms with Gasteiger partial charge < -0.3 is 11.1 Å². The van der Waals surface area contributed by atoms with Crippen LogP contribution in [0, 0.1) is 0 Å². The lowest BCUT2D eigenvalue weighted by Gasteiger charge is -2.10. The summed E-state index contributed by atoms with van der Waals surface area (Å²) in [7, 11) is 0. The van der Waals surface area contributed by atoms with E-state index in [9.17, 15) is 9.59 Å². The first-order valence-electron chi connectivity index (χ1n) is 6.04. The molecule has 2 aromatic rings. The van der Waals surface area contributed by atoms with Crippen molar-refractivity contribution in [3.63, 3.8) is 0 Å². The second-order valence-electron chi connectivity index (χ2n) is 4.25. The summed E-state index contributed by atoms with van der Waals surface area (Å²) in [4.78, 5) is 22.6. The molecule has 2 rings (SSSR count). The molecule has 0 bridgehead atoms. The first kappa shape index (κ1) is 13.1. The van der Waals surface area contributed by atoms with E-state index in [-0.39, 0.29) is 11.5 Å². The molecule has 6 heteroatoms. The quantitative estimate of drug-likeness (QED) is 0.660. The van der Waals surface area contributed by atoms with Gasteiger partial charge in [-0.3, -0.25) is 19.8 Å². The second-order valence-corrected chi connectivity index (χ2v) is 4.25. The molecule has 100 valence electrons. The third-order valence-corrected chi connectivity index (χ3v) is 2.84. The van der Waals surface area contributed by atoms with Gasteiger partial charge in [-0.15, -0.1) is 0 Å². The van der Waals surface area contributed by atoms with E-state index in [0.717, 1.165) is 5.56 Å². The molecule has 0 saturated carbocycles. The number of amides is 1. The molecule has 0 radical (unpaired) electrons. The van der Waals surface area contributed by atoms with E-state index in [0.29, 0.717) is 17.8 Å². The molecule has 1 aromatic heterocycles. The van der Waals surface area contributed by atoms with Gasteiger partial charge in [0.2, 0.25) is 5.91 Å². The maximum absolute atomic E-state index is 11.6. The zero-order chi connectivity index (χ0) is 13.8. The Balaban J connectivity index is 2.11. The molecule has 0 unspecified atom stereocenters. The van der Waals surface area contributed by atoms with Crippen LogP contribution in [0.1, 0.15) is 13.3 Å². The molecule has 6 nitrogen and oxygen atoms in total. The van der Waals surface area contributed by atoms with E-state index in [1.807, 2.05) is 19.1 Å². The molecule has 1 atom stereocenters. The lowest BCUT2D eigenvalue weighted by Crippen LogP contribution is -2.34. The zero-order valence-electron chi connectivity index (χ0n) is 10.6. The molecule has 0 saturated heterocycles. The van der Waals surface area contributed by atoms with Crippen LogP contribution >= 0.6 is 0 Å². The minimum atomic E-state index is -0.499. The van der Waals surface area contributed by atoms with E-state index >= 15 is 0 Å². The zero-order valence-corrected chi connectivity index (χ0v) is 10.6. The summed E-state index contributed by atoms with van der Waals surface area (Å²) in [5.41, 5.74) is 7.69. The normalized spacial score (nSPS) is 12.1. The number of aromatic nitrogens is 2. The molecule has 0 aliphatic heterocycles. The number of nitrogens with one attached hydrogen (secondary N) is 3. The van der Waals surface area contributed by atoms with Crippen LogP contribution < -0.4 is 16.6 Å². The van der Waals surface area contributed by atoms with Crippen LogP contribution in [0.15, 0.2) is 35.1 Å². The Kier molecular flexibility index (Phi) is 3.82. The number of rotatable bonds is 4. The molecular formula is C13H16N4O2. The highest BCUT2D eigenvalue weighted by molar-refractivity contribution is 5.94. The van der Waals surface area contributed by atoms with E-state index in [1.165, 1.54) is 6.07 Å². The Labute approximate surface area is 110 Å². The summed E-state index contributed by atoms with van der Waals surface area (Å²) in [6.07, 6.45) is 0.592. The molecule has 0 aliphatic rings. The fourth-order valence-corrected chi connectivity index (χ4v) is 1.64. The summed E-state index contributed by atoms with van der Waals surface area (Å²) in [5.74, 6) is -0.203. The van der Waals surface area contributed by atoms with Crippen LogP contribution in [-0.2, 0) is 4.79 Å². The molecule has 5 N–H and O–H groups in total. The highest BCUT2D eigenvalue weighted by atomic mass is 16.2. The van der Waals surface area contributed by atoms with Crippen LogP contribution in [0.2, 0.25) is 0 Å². The molecular weight excluding hydrogens is 244 g/mol. The Morgan fingerprint density at radius 1 is 1.32 bits per heavy atom. The van der Waals surface area contributed by atoms with Gasteiger partial charge in [0.15, 0.2) is 0 Å². The maximum Gasteiger partial charge on any atom is 0.264 e. The van der Waals surface area contributed by atoms with E-state index < -0.39 is 6.04 Å². The Bertz CT molecular complexity index is 612. The van der Waals surface area contributed by atoms with Crippen molar-refractivity contribution in [3.05, 3.63) is 40.7 Å². The minimum Gasteiger partial charge on any atom is -0.325 e. The highest BCUT2D eigenvalue weighted by Gasteiger charge is 2.10. The third kappa shape index (κ3) is 3.11. The monoisotopic (exact) mass is 260 g/mol. The Morgan fingerprint density at radius 3 is 2.53 bits per heavy atom. The van der Waals surface area contributed by atoms with Gasteiger partial charge in [0.05, 0.1) is 11.7 Å². The summed E-state index contributed by atoms with van der Waals surface area (Å²) >= 11 is 0. The van der Waals surface area contributed by atoms with E-state index in [4.69, 9.17) is 5.73 Å². The second kappa shape index (κ2) is 5.53. The molecule has 0 aliphatic carbocycles. The van der Waals surface area contributed by atoms with Crippen molar-refractivity contribution in [2.45, 2.75) is 19.4 Å². The number of nitrogens with two attached hydrogens (primary N) is 1. The molecule has 1 aromatic carbocycles. The number of benzene rings is 1. The van der Waals surface area contributed by atoms with Gasteiger partial charge in [-0.05, 0) is 24.1 Å². The van der Waals surface area contributed by atoms with Gasteiger partial charge >= 0.3 is 0 Å². The van der Waals surface area contributed by atoms with Crippen molar-refractivity contribution < 1.29 is 4.79 Å². The number of hydrogen-bond donors (Lipinski definition) is 4. The van der Waals surface area contributed by atoms with Crippen LogP contribution in [0.3, 0.4) is 0 Å². The van der Waals surface area contributed by atoms with Crippen LogP contribution in [-0.4, -0.2) is 22.1 Å². The average molecular weight is 260 g/mol. The molecule has 1 heterocycles. The van der Waals surface area contributed by atoms with Crippen molar-refractivity contribution in [3.8, 4) is 11.3 Å². The smallest absolute Gasteiger partial charge is 0.264 e. The largest absolute Gasteiger partial charge is 0.325 e. The van der Waals surface area contributed by atoms with Gasteiger partial charge in [-0.2, -0.15) is 0 Å². The summed E-state index contributed by atoms with van der Waals surface area (Å²) in [6.45, 7) is 1.86. The summed E-state index contributed by atoms with van der Waals surface area (Å²) in [5, 5.41) is 7.97. The van der Waals surface area contributed by atoms with E-state index in [2.05, 4.69) is 15.5 Å². The lowest BCUT2D eigenvalue weighted by atomic mass is 10.1. The van der Waals surface area contributed by atoms with Gasteiger partial charge in [-0.25, -0.2) is 0 Å². The summed E-state index contributed by atoms with van der Waals surface area (Å²) in [6, 6.07) is 8.13. The number of anilines is 1. The SMILES string of the molecule is CC[C@H](N)C(=O)Nc1ccc(-c2cc(=O)[nH][nH]2)cc1. The number of H-pyrrole nitrogens is 2. The van der Waals surface area contributed by atoms with Crippen molar-refractivity contribution in [1.29, 1.82) is 0 Å². The van der Waals surface area contributed by atoms with Crippen molar-refractivity contribution in [2.24, 2.45) is 5.73 Å². The lowest BCUT2D eigenvalue weighted by molar-refractivity contribution is -0.117. The fourth-order valence-electron chi connectivity index (χ4n) is 1.64. The topological polar surface area (TPSA) is 104 Å². The standard InChI is InChI=1S/C13H16N4O2/c1-2-10(14)13(19)15-9-5-3-8(4-6-9)11-7-12(18)17-16-11/h3-7,10H,2,14H2,1H3,(H,15,19)(H2,16,17,18)/t10-/m0/s1. The molecule has 0 spiro atoms. The van der Waals surface area contributed by atoms with Crippen molar-refractivity contribution in [1.82, 2.24) is 10.2 Å². The number of carbonyl (C=O) groups is 1. The Morgan fingerprint density at radius 2 is 2.00 bits per heavy atom.